The maximum atomic E-state index is 13.6. The third-order valence-corrected chi connectivity index (χ3v) is 5.76. The van der Waals surface area contributed by atoms with Crippen LogP contribution in [0.5, 0.6) is 0 Å². The van der Waals surface area contributed by atoms with E-state index < -0.39 is 11.9 Å². The molecule has 170 valence electrons. The van der Waals surface area contributed by atoms with Gasteiger partial charge in [0.05, 0.1) is 18.2 Å². The fraction of sp³-hybridized carbons (Fsp3) is 0.0833. The topological polar surface area (TPSA) is 84.7 Å². The Balaban J connectivity index is 1.61. The lowest BCUT2D eigenvalue weighted by molar-refractivity contribution is -0.141. The van der Waals surface area contributed by atoms with Gasteiger partial charge in [-0.05, 0) is 47.9 Å². The second-order valence-electron chi connectivity index (χ2n) is 7.53. The number of aromatic nitrogens is 4. The van der Waals surface area contributed by atoms with Crippen molar-refractivity contribution >= 4 is 11.5 Å². The summed E-state index contributed by atoms with van der Waals surface area (Å²) in [5.41, 5.74) is 3.17. The largest absolute Gasteiger partial charge is 0.472 e. The van der Waals surface area contributed by atoms with Crippen LogP contribution in [0.25, 0.3) is 45.2 Å². The Kier molecular flexibility index (Phi) is 5.37. The van der Waals surface area contributed by atoms with E-state index in [9.17, 15) is 18.0 Å². The molecule has 0 atom stereocenters. The summed E-state index contributed by atoms with van der Waals surface area (Å²) < 4.78 is 49.8. The third-order valence-electron chi connectivity index (χ3n) is 5.22. The number of benzene rings is 2. The van der Waals surface area contributed by atoms with Gasteiger partial charge in [0.25, 0.3) is 0 Å². The molecule has 1 N–H and O–H groups in total. The predicted molar refractivity (Wildman–Crippen MR) is 122 cm³/mol. The minimum atomic E-state index is -4.63. The summed E-state index contributed by atoms with van der Waals surface area (Å²) >= 11 is 0.837. The molecule has 2 aromatic carbocycles. The van der Waals surface area contributed by atoms with E-state index in [1.807, 2.05) is 31.2 Å². The van der Waals surface area contributed by atoms with Crippen LogP contribution in [-0.2, 0) is 6.18 Å². The van der Waals surface area contributed by atoms with E-state index in [1.54, 1.807) is 24.3 Å². The molecule has 3 aromatic heterocycles. The first-order valence-electron chi connectivity index (χ1n) is 10.0. The Morgan fingerprint density at radius 3 is 2.44 bits per heavy atom. The van der Waals surface area contributed by atoms with Gasteiger partial charge in [0.1, 0.15) is 5.69 Å². The Labute approximate surface area is 195 Å². The van der Waals surface area contributed by atoms with Crippen molar-refractivity contribution in [1.29, 1.82) is 0 Å². The van der Waals surface area contributed by atoms with E-state index in [0.717, 1.165) is 39.9 Å². The molecule has 0 saturated heterocycles. The molecule has 0 radical (unpaired) electrons. The van der Waals surface area contributed by atoms with Gasteiger partial charge >= 0.3 is 11.0 Å². The summed E-state index contributed by atoms with van der Waals surface area (Å²) in [4.78, 5) is 22.1. The van der Waals surface area contributed by atoms with Gasteiger partial charge in [0, 0.05) is 28.2 Å². The highest BCUT2D eigenvalue weighted by Crippen LogP contribution is 2.34. The summed E-state index contributed by atoms with van der Waals surface area (Å²) in [6.45, 7) is 1.90. The number of nitrogens with zero attached hydrogens (tertiary/aromatic N) is 3. The molecule has 0 bridgehead atoms. The minimum absolute atomic E-state index is 0.0518. The van der Waals surface area contributed by atoms with Crippen LogP contribution < -0.4 is 4.87 Å². The zero-order chi connectivity index (χ0) is 23.9. The van der Waals surface area contributed by atoms with Gasteiger partial charge in [-0.25, -0.2) is 9.97 Å². The molecule has 6 nitrogen and oxygen atoms in total. The summed E-state index contributed by atoms with van der Waals surface area (Å²) in [7, 11) is 0. The van der Waals surface area contributed by atoms with Crippen LogP contribution >= 0.6 is 11.5 Å². The highest BCUT2D eigenvalue weighted by atomic mass is 32.1. The molecule has 0 fully saturated rings. The Morgan fingerprint density at radius 1 is 0.941 bits per heavy atom. The molecule has 0 spiro atoms. The number of aryl methyl sites for hydroxylation is 1. The second-order valence-corrected chi connectivity index (χ2v) is 8.26. The van der Waals surface area contributed by atoms with Crippen molar-refractivity contribution in [2.75, 3.05) is 0 Å². The predicted octanol–water partition coefficient (Wildman–Crippen LogP) is 6.21. The SMILES string of the molecule is Cc1ccc(-c2cccc(-c3nc(-c4ccoc4)cc(C(F)(F)F)n3)c2)cc1-c1nsc(=O)[nH]1. The van der Waals surface area contributed by atoms with Gasteiger partial charge in [-0.15, -0.1) is 0 Å². The van der Waals surface area contributed by atoms with E-state index in [-0.39, 0.29) is 16.4 Å². The van der Waals surface area contributed by atoms with Crippen LogP contribution in [0.1, 0.15) is 11.3 Å². The monoisotopic (exact) mass is 480 g/mol. The van der Waals surface area contributed by atoms with Crippen molar-refractivity contribution in [3.63, 3.8) is 0 Å². The molecule has 5 rings (SSSR count). The fourth-order valence-electron chi connectivity index (χ4n) is 3.52. The van der Waals surface area contributed by atoms with Gasteiger partial charge < -0.3 is 4.42 Å². The van der Waals surface area contributed by atoms with Crippen LogP contribution in [0.15, 0.2) is 76.3 Å². The summed E-state index contributed by atoms with van der Waals surface area (Å²) in [5.74, 6) is 0.417. The molecule has 0 unspecified atom stereocenters. The molecule has 3 heterocycles. The molecule has 0 aliphatic heterocycles. The van der Waals surface area contributed by atoms with Gasteiger partial charge in [0.2, 0.25) is 0 Å². The van der Waals surface area contributed by atoms with E-state index >= 15 is 0 Å². The van der Waals surface area contributed by atoms with Gasteiger partial charge in [0.15, 0.2) is 11.6 Å². The quantitative estimate of drug-likeness (QED) is 0.331. The second kappa shape index (κ2) is 8.38. The maximum Gasteiger partial charge on any atom is 0.433 e. The first-order chi connectivity index (χ1) is 16.3. The zero-order valence-electron chi connectivity index (χ0n) is 17.6. The third kappa shape index (κ3) is 4.27. The summed E-state index contributed by atoms with van der Waals surface area (Å²) in [6.07, 6.45) is -1.93. The van der Waals surface area contributed by atoms with Gasteiger partial charge in [-0.1, -0.05) is 30.3 Å². The van der Waals surface area contributed by atoms with Crippen molar-refractivity contribution in [3.8, 4) is 45.2 Å². The molecule has 10 heteroatoms. The number of H-pyrrole nitrogens is 1. The van der Waals surface area contributed by atoms with Crippen molar-refractivity contribution in [2.45, 2.75) is 13.1 Å². The standard InChI is InChI=1S/C24H15F3N4O2S/c1-13-5-6-15(10-18(13)22-30-23(32)34-31-22)14-3-2-4-16(9-14)21-28-19(17-7-8-33-12-17)11-20(29-21)24(25,26)27/h2-12H,1H3,(H,30,31,32). The Hall–Kier alpha value is -4.05. The van der Waals surface area contributed by atoms with Gasteiger partial charge in [-0.2, -0.15) is 17.5 Å². The normalized spacial score (nSPS) is 11.6. The number of nitrogens with one attached hydrogen (secondary N) is 1. The minimum Gasteiger partial charge on any atom is -0.472 e. The van der Waals surface area contributed by atoms with Crippen LogP contribution in [0.2, 0.25) is 0 Å². The lowest BCUT2D eigenvalue weighted by atomic mass is 9.98. The summed E-state index contributed by atoms with van der Waals surface area (Å²) in [5, 5.41) is 0. The van der Waals surface area contributed by atoms with E-state index in [1.165, 1.54) is 12.5 Å². The van der Waals surface area contributed by atoms with Crippen molar-refractivity contribution < 1.29 is 17.6 Å². The molecule has 0 aliphatic rings. The van der Waals surface area contributed by atoms with E-state index in [2.05, 4.69) is 19.3 Å². The highest BCUT2D eigenvalue weighted by Gasteiger charge is 2.34. The maximum absolute atomic E-state index is 13.6. The van der Waals surface area contributed by atoms with Crippen molar-refractivity contribution in [2.24, 2.45) is 0 Å². The zero-order valence-corrected chi connectivity index (χ0v) is 18.4. The number of hydrogen-bond acceptors (Lipinski definition) is 6. The number of alkyl halides is 3. The molecule has 0 aliphatic carbocycles. The first kappa shape index (κ1) is 21.8. The number of furan rings is 1. The molecule has 34 heavy (non-hydrogen) atoms. The molecular formula is C24H15F3N4O2S. The van der Waals surface area contributed by atoms with Crippen molar-refractivity contribution in [1.82, 2.24) is 19.3 Å². The summed E-state index contributed by atoms with van der Waals surface area (Å²) in [6, 6.07) is 15.1. The lowest BCUT2D eigenvalue weighted by Gasteiger charge is -2.11. The number of hydrogen-bond donors (Lipinski definition) is 1. The van der Waals surface area contributed by atoms with Crippen LogP contribution in [-0.4, -0.2) is 19.3 Å². The van der Waals surface area contributed by atoms with Crippen molar-refractivity contribution in [3.05, 3.63) is 88.0 Å². The van der Waals surface area contributed by atoms with E-state index in [4.69, 9.17) is 4.42 Å². The lowest BCUT2D eigenvalue weighted by Crippen LogP contribution is -2.10. The number of aromatic amines is 1. The van der Waals surface area contributed by atoms with E-state index in [0.29, 0.717) is 17.0 Å². The van der Waals surface area contributed by atoms with Gasteiger partial charge in [-0.3, -0.25) is 9.78 Å². The molecular weight excluding hydrogens is 465 g/mol. The molecule has 0 saturated carbocycles. The Morgan fingerprint density at radius 2 is 1.74 bits per heavy atom. The Bertz CT molecular complexity index is 1540. The van der Waals surface area contributed by atoms with Crippen LogP contribution in [0, 0.1) is 6.92 Å². The smallest absolute Gasteiger partial charge is 0.433 e. The first-order valence-corrected chi connectivity index (χ1v) is 10.8. The fourth-order valence-corrected chi connectivity index (χ4v) is 3.98. The molecule has 0 amide bonds. The average molecular weight is 480 g/mol. The van der Waals surface area contributed by atoms with Crippen LogP contribution in [0.3, 0.4) is 0 Å². The van der Waals surface area contributed by atoms with Crippen LogP contribution in [0.4, 0.5) is 13.2 Å². The number of halogens is 3. The average Bonchev–Trinajstić information content (AvgIpc) is 3.51. The molecule has 5 aromatic rings. The number of rotatable bonds is 4. The highest BCUT2D eigenvalue weighted by molar-refractivity contribution is 7.03.